The zero-order valence-corrected chi connectivity index (χ0v) is 10.6. The van der Waals surface area contributed by atoms with Gasteiger partial charge in [-0.3, -0.25) is 0 Å². The van der Waals surface area contributed by atoms with Crippen molar-refractivity contribution in [2.75, 3.05) is 0 Å². The van der Waals surface area contributed by atoms with Crippen LogP contribution >= 0.6 is 11.3 Å². The maximum atomic E-state index is 13.0. The van der Waals surface area contributed by atoms with Gasteiger partial charge in [0, 0.05) is 15.8 Å². The summed E-state index contributed by atoms with van der Waals surface area (Å²) < 4.78 is 13.0. The molecular weight excluding hydrogens is 233 g/mol. The average Bonchev–Trinajstić information content (AvgIpc) is 2.77. The lowest BCUT2D eigenvalue weighted by molar-refractivity contribution is 0.622. The summed E-state index contributed by atoms with van der Waals surface area (Å²) in [6.45, 7) is 2.13. The minimum absolute atomic E-state index is 0.0397. The number of hydrogen-bond donors (Lipinski definition) is 1. The van der Waals surface area contributed by atoms with Gasteiger partial charge < -0.3 is 5.73 Å². The van der Waals surface area contributed by atoms with E-state index in [1.54, 1.807) is 23.5 Å². The van der Waals surface area contributed by atoms with Gasteiger partial charge >= 0.3 is 0 Å². The van der Waals surface area contributed by atoms with Crippen molar-refractivity contribution in [2.45, 2.75) is 25.8 Å². The molecule has 0 fully saturated rings. The Kier molecular flexibility index (Phi) is 3.92. The van der Waals surface area contributed by atoms with Crippen LogP contribution in [-0.4, -0.2) is 0 Å². The predicted octanol–water partition coefficient (Wildman–Crippen LogP) is 3.69. The molecule has 0 aliphatic rings. The van der Waals surface area contributed by atoms with Gasteiger partial charge in [-0.05, 0) is 42.7 Å². The molecular formula is C14H16FNS. The lowest BCUT2D eigenvalue weighted by atomic mass is 10.1. The molecule has 1 unspecified atom stereocenters. The normalized spacial score (nSPS) is 12.6. The van der Waals surface area contributed by atoms with E-state index in [4.69, 9.17) is 5.73 Å². The van der Waals surface area contributed by atoms with Crippen molar-refractivity contribution >= 4 is 11.3 Å². The fourth-order valence-corrected chi connectivity index (χ4v) is 2.76. The van der Waals surface area contributed by atoms with Gasteiger partial charge in [0.1, 0.15) is 5.82 Å². The van der Waals surface area contributed by atoms with Crippen LogP contribution in [0.15, 0.2) is 36.4 Å². The summed E-state index contributed by atoms with van der Waals surface area (Å²) in [4.78, 5) is 2.51. The van der Waals surface area contributed by atoms with Gasteiger partial charge in [-0.15, -0.1) is 11.3 Å². The monoisotopic (exact) mass is 249 g/mol. The quantitative estimate of drug-likeness (QED) is 0.878. The van der Waals surface area contributed by atoms with Gasteiger partial charge in [0.2, 0.25) is 0 Å². The third-order valence-corrected chi connectivity index (χ3v) is 4.10. The number of aryl methyl sites for hydroxylation is 1. The first-order valence-corrected chi connectivity index (χ1v) is 6.59. The van der Waals surface area contributed by atoms with Crippen LogP contribution in [0.4, 0.5) is 4.39 Å². The molecule has 0 aliphatic carbocycles. The number of thiophene rings is 1. The van der Waals surface area contributed by atoms with E-state index < -0.39 is 0 Å². The molecule has 0 saturated carbocycles. The highest BCUT2D eigenvalue weighted by Crippen LogP contribution is 2.24. The van der Waals surface area contributed by atoms with E-state index in [2.05, 4.69) is 19.1 Å². The highest BCUT2D eigenvalue weighted by molar-refractivity contribution is 7.12. The fraction of sp³-hybridized carbons (Fsp3) is 0.286. The Hall–Kier alpha value is -1.19. The van der Waals surface area contributed by atoms with Crippen molar-refractivity contribution in [2.24, 2.45) is 5.73 Å². The molecule has 0 aliphatic heterocycles. The van der Waals surface area contributed by atoms with Gasteiger partial charge in [0.25, 0.3) is 0 Å². The number of nitrogens with two attached hydrogens (primary N) is 1. The second-order valence-electron chi connectivity index (χ2n) is 4.10. The standard InChI is InChI=1S/C14H16FNS/c1-2-12-6-7-14(17-12)13(16)9-10-4-3-5-11(15)8-10/h3-8,13H,2,9,16H2,1H3. The van der Waals surface area contributed by atoms with Gasteiger partial charge in [-0.25, -0.2) is 4.39 Å². The molecule has 0 saturated heterocycles. The van der Waals surface area contributed by atoms with E-state index in [9.17, 15) is 4.39 Å². The minimum atomic E-state index is -0.199. The van der Waals surface area contributed by atoms with Crippen LogP contribution < -0.4 is 5.73 Å². The van der Waals surface area contributed by atoms with Crippen LogP contribution in [0.1, 0.15) is 28.3 Å². The molecule has 2 aromatic rings. The van der Waals surface area contributed by atoms with Gasteiger partial charge in [-0.2, -0.15) is 0 Å². The molecule has 2 N–H and O–H groups in total. The van der Waals surface area contributed by atoms with E-state index in [0.717, 1.165) is 12.0 Å². The van der Waals surface area contributed by atoms with Crippen LogP contribution in [-0.2, 0) is 12.8 Å². The smallest absolute Gasteiger partial charge is 0.123 e. The summed E-state index contributed by atoms with van der Waals surface area (Å²) in [6.07, 6.45) is 1.72. The first-order chi connectivity index (χ1) is 8.19. The molecule has 90 valence electrons. The Morgan fingerprint density at radius 2 is 2.12 bits per heavy atom. The molecule has 1 nitrogen and oxygen atoms in total. The van der Waals surface area contributed by atoms with Crippen molar-refractivity contribution in [3.05, 3.63) is 57.5 Å². The Balaban J connectivity index is 2.08. The van der Waals surface area contributed by atoms with E-state index in [1.165, 1.54) is 15.8 Å². The molecule has 17 heavy (non-hydrogen) atoms. The van der Waals surface area contributed by atoms with E-state index >= 15 is 0 Å². The fourth-order valence-electron chi connectivity index (χ4n) is 1.80. The lowest BCUT2D eigenvalue weighted by Crippen LogP contribution is -2.11. The van der Waals surface area contributed by atoms with Crippen molar-refractivity contribution in [1.29, 1.82) is 0 Å². The third-order valence-electron chi connectivity index (χ3n) is 2.74. The van der Waals surface area contributed by atoms with E-state index in [1.807, 2.05) is 6.07 Å². The first kappa shape index (κ1) is 12.3. The molecule has 0 radical (unpaired) electrons. The van der Waals surface area contributed by atoms with Crippen molar-refractivity contribution in [1.82, 2.24) is 0 Å². The molecule has 2 rings (SSSR count). The summed E-state index contributed by atoms with van der Waals surface area (Å²) >= 11 is 1.75. The third kappa shape index (κ3) is 3.14. The summed E-state index contributed by atoms with van der Waals surface area (Å²) in [6, 6.07) is 10.8. The number of rotatable bonds is 4. The Morgan fingerprint density at radius 3 is 2.76 bits per heavy atom. The Labute approximate surface area is 105 Å². The predicted molar refractivity (Wildman–Crippen MR) is 70.7 cm³/mol. The molecule has 1 aromatic carbocycles. The van der Waals surface area contributed by atoms with E-state index in [-0.39, 0.29) is 11.9 Å². The van der Waals surface area contributed by atoms with Crippen LogP contribution in [0, 0.1) is 5.82 Å². The Bertz CT molecular complexity index is 492. The van der Waals surface area contributed by atoms with Crippen molar-refractivity contribution < 1.29 is 4.39 Å². The summed E-state index contributed by atoms with van der Waals surface area (Å²) in [5.41, 5.74) is 7.08. The minimum Gasteiger partial charge on any atom is -0.323 e. The molecule has 0 amide bonds. The van der Waals surface area contributed by atoms with Crippen LogP contribution in [0.3, 0.4) is 0 Å². The number of benzene rings is 1. The van der Waals surface area contributed by atoms with Crippen LogP contribution in [0.5, 0.6) is 0 Å². The van der Waals surface area contributed by atoms with Crippen molar-refractivity contribution in [3.63, 3.8) is 0 Å². The van der Waals surface area contributed by atoms with Crippen LogP contribution in [0.2, 0.25) is 0 Å². The molecule has 1 atom stereocenters. The maximum absolute atomic E-state index is 13.0. The topological polar surface area (TPSA) is 26.0 Å². The molecule has 1 aromatic heterocycles. The summed E-state index contributed by atoms with van der Waals surface area (Å²) in [5.74, 6) is -0.199. The summed E-state index contributed by atoms with van der Waals surface area (Å²) in [5, 5.41) is 0. The molecule has 3 heteroatoms. The average molecular weight is 249 g/mol. The van der Waals surface area contributed by atoms with Gasteiger partial charge in [0.05, 0.1) is 0 Å². The molecule has 1 heterocycles. The molecule has 0 spiro atoms. The first-order valence-electron chi connectivity index (χ1n) is 5.77. The largest absolute Gasteiger partial charge is 0.323 e. The highest BCUT2D eigenvalue weighted by Gasteiger charge is 2.10. The Morgan fingerprint density at radius 1 is 1.29 bits per heavy atom. The molecule has 0 bridgehead atoms. The lowest BCUT2D eigenvalue weighted by Gasteiger charge is -2.09. The second-order valence-corrected chi connectivity index (χ2v) is 5.30. The van der Waals surface area contributed by atoms with Crippen LogP contribution in [0.25, 0.3) is 0 Å². The van der Waals surface area contributed by atoms with Crippen molar-refractivity contribution in [3.8, 4) is 0 Å². The zero-order valence-electron chi connectivity index (χ0n) is 9.82. The number of halogens is 1. The maximum Gasteiger partial charge on any atom is 0.123 e. The zero-order chi connectivity index (χ0) is 12.3. The summed E-state index contributed by atoms with van der Waals surface area (Å²) in [7, 11) is 0. The van der Waals surface area contributed by atoms with Gasteiger partial charge in [0.15, 0.2) is 0 Å². The SMILES string of the molecule is CCc1ccc(C(N)Cc2cccc(F)c2)s1. The second kappa shape index (κ2) is 5.43. The van der Waals surface area contributed by atoms with Gasteiger partial charge in [-0.1, -0.05) is 19.1 Å². The van der Waals surface area contributed by atoms with E-state index in [0.29, 0.717) is 6.42 Å². The number of hydrogen-bond acceptors (Lipinski definition) is 2. The highest BCUT2D eigenvalue weighted by atomic mass is 32.1.